The second kappa shape index (κ2) is 13.8. The van der Waals surface area contributed by atoms with Gasteiger partial charge in [-0.05, 0) is 62.5 Å². The largest absolute Gasteiger partial charge is 0.456 e. The highest BCUT2D eigenvalue weighted by Gasteiger charge is 2.32. The molecule has 0 saturated carbocycles. The smallest absolute Gasteiger partial charge is 0.272 e. The first-order chi connectivity index (χ1) is 29.7. The molecular weight excluding hydrogens is 733 g/mol. The second-order valence-corrected chi connectivity index (χ2v) is 16.0. The minimum atomic E-state index is -0.176. The van der Waals surface area contributed by atoms with E-state index < -0.39 is 0 Å². The number of rotatable bonds is 6. The molecule has 0 saturated heterocycles. The highest BCUT2D eigenvalue weighted by molar-refractivity contribution is 6.21. The summed E-state index contributed by atoms with van der Waals surface area (Å²) in [5.41, 5.74) is 13.9. The van der Waals surface area contributed by atoms with Crippen LogP contribution in [-0.2, 0) is 6.54 Å². The number of furan rings is 2. The van der Waals surface area contributed by atoms with Crippen LogP contribution in [0.3, 0.4) is 0 Å². The molecule has 0 radical (unpaired) electrons. The van der Waals surface area contributed by atoms with Gasteiger partial charge < -0.3 is 8.83 Å². The molecule has 0 fully saturated rings. The van der Waals surface area contributed by atoms with E-state index in [9.17, 15) is 0 Å². The van der Waals surface area contributed by atoms with Gasteiger partial charge in [0.2, 0.25) is 0 Å². The molecule has 4 nitrogen and oxygen atoms in total. The number of benzene rings is 9. The zero-order valence-corrected chi connectivity index (χ0v) is 33.1. The third-order valence-corrected chi connectivity index (χ3v) is 12.5. The molecule has 0 amide bonds. The third-order valence-electron chi connectivity index (χ3n) is 12.5. The molecule has 11 aromatic rings. The molecule has 1 atom stereocenters. The Bertz CT molecular complexity index is 3570. The Hall–Kier alpha value is -7.56. The summed E-state index contributed by atoms with van der Waals surface area (Å²) in [6.45, 7) is 3.04. The molecule has 0 aliphatic carbocycles. The molecule has 0 bridgehead atoms. The van der Waals surface area contributed by atoms with Gasteiger partial charge in [-0.3, -0.25) is 0 Å². The van der Waals surface area contributed by atoms with E-state index in [1.165, 1.54) is 38.4 Å². The summed E-state index contributed by atoms with van der Waals surface area (Å²) >= 11 is 0. The van der Waals surface area contributed by atoms with Crippen molar-refractivity contribution < 1.29 is 13.4 Å². The molecule has 1 unspecified atom stereocenters. The van der Waals surface area contributed by atoms with Gasteiger partial charge in [-0.2, -0.15) is 0 Å². The Kier molecular flexibility index (Phi) is 7.92. The molecule has 1 aliphatic rings. The van der Waals surface area contributed by atoms with E-state index in [-0.39, 0.29) is 6.17 Å². The maximum atomic E-state index is 6.86. The van der Waals surface area contributed by atoms with E-state index in [2.05, 4.69) is 181 Å². The van der Waals surface area contributed by atoms with Gasteiger partial charge in [-0.25, -0.2) is 9.57 Å². The van der Waals surface area contributed by atoms with E-state index in [0.29, 0.717) is 0 Å². The summed E-state index contributed by atoms with van der Waals surface area (Å²) in [5.74, 6) is 0. The zero-order valence-electron chi connectivity index (χ0n) is 33.1. The molecule has 0 N–H and O–H groups in total. The van der Waals surface area contributed by atoms with Crippen LogP contribution >= 0.6 is 0 Å². The van der Waals surface area contributed by atoms with Gasteiger partial charge in [0.15, 0.2) is 12.3 Å². The van der Waals surface area contributed by atoms with Crippen molar-refractivity contribution in [2.24, 2.45) is 4.99 Å². The van der Waals surface area contributed by atoms with Gasteiger partial charge in [0.1, 0.15) is 22.3 Å². The SMILES string of the molecule is CC1=[N+](Cc2ccc3c(ccc4ccccc43)c2)C(c2ccccc2)N=C(c2ccccc2-c2cccc3oc4c(-c5cccc6oc7ccccc7c56)cccc4c23)C1. The van der Waals surface area contributed by atoms with Crippen LogP contribution in [0.5, 0.6) is 0 Å². The number of hydrogen-bond acceptors (Lipinski definition) is 3. The third kappa shape index (κ3) is 5.52. The Morgan fingerprint density at radius 3 is 1.95 bits per heavy atom. The second-order valence-electron chi connectivity index (χ2n) is 16.0. The van der Waals surface area contributed by atoms with Crippen LogP contribution in [0.1, 0.15) is 36.2 Å². The first-order valence-electron chi connectivity index (χ1n) is 20.7. The van der Waals surface area contributed by atoms with Crippen molar-refractivity contribution >= 4 is 76.8 Å². The Labute approximate surface area is 347 Å². The molecule has 60 heavy (non-hydrogen) atoms. The van der Waals surface area contributed by atoms with Crippen LogP contribution in [0, 0.1) is 0 Å². The van der Waals surface area contributed by atoms with Crippen molar-refractivity contribution in [3.63, 3.8) is 0 Å². The van der Waals surface area contributed by atoms with Crippen molar-refractivity contribution in [2.45, 2.75) is 26.1 Å². The Balaban J connectivity index is 0.971. The Morgan fingerprint density at radius 2 is 1.08 bits per heavy atom. The van der Waals surface area contributed by atoms with E-state index in [1.807, 2.05) is 18.2 Å². The average Bonchev–Trinajstić information content (AvgIpc) is 3.89. The van der Waals surface area contributed by atoms with Crippen LogP contribution in [0.4, 0.5) is 0 Å². The molecule has 9 aromatic carbocycles. The monoisotopic (exact) mass is 771 g/mol. The van der Waals surface area contributed by atoms with Gasteiger partial charge in [-0.1, -0.05) is 164 Å². The molecule has 2 aromatic heterocycles. The predicted molar refractivity (Wildman–Crippen MR) is 248 cm³/mol. The van der Waals surface area contributed by atoms with Crippen LogP contribution in [0.2, 0.25) is 0 Å². The van der Waals surface area contributed by atoms with Gasteiger partial charge in [0, 0.05) is 50.7 Å². The fourth-order valence-electron chi connectivity index (χ4n) is 9.69. The van der Waals surface area contributed by atoms with E-state index in [0.717, 1.165) is 90.4 Å². The van der Waals surface area contributed by atoms with Crippen molar-refractivity contribution in [3.05, 3.63) is 205 Å². The molecule has 3 heterocycles. The van der Waals surface area contributed by atoms with Crippen LogP contribution < -0.4 is 0 Å². The summed E-state index contributed by atoms with van der Waals surface area (Å²) < 4.78 is 15.6. The van der Waals surface area contributed by atoms with Crippen molar-refractivity contribution in [1.82, 2.24) is 0 Å². The van der Waals surface area contributed by atoms with Gasteiger partial charge in [-0.15, -0.1) is 0 Å². The molecule has 12 rings (SSSR count). The standard InChI is InChI=1S/C56H39N2O2/c1-35-32-49(57-56(38-15-3-2-4-16-38)58(35)34-36-28-31-41-39(33-36)30-29-37-14-5-6-17-40(37)41)43-19-8-7-18-42(43)44-21-12-27-52-54(44)48-24-11-23-46(55(48)60-52)45-22-13-26-51-53(45)47-20-9-10-25-50(47)59-51/h2-31,33,56H,32,34H2,1H3/q+1. The average molecular weight is 772 g/mol. The van der Waals surface area contributed by atoms with Crippen LogP contribution in [0.25, 0.3) is 87.7 Å². The minimum absolute atomic E-state index is 0.176. The predicted octanol–water partition coefficient (Wildman–Crippen LogP) is 14.7. The lowest BCUT2D eigenvalue weighted by Gasteiger charge is -2.23. The summed E-state index contributed by atoms with van der Waals surface area (Å²) in [5, 5.41) is 9.50. The van der Waals surface area contributed by atoms with Crippen LogP contribution in [-0.4, -0.2) is 16.0 Å². The van der Waals surface area contributed by atoms with Crippen molar-refractivity contribution in [1.29, 1.82) is 0 Å². The van der Waals surface area contributed by atoms with Crippen molar-refractivity contribution in [2.75, 3.05) is 0 Å². The maximum Gasteiger partial charge on any atom is 0.272 e. The van der Waals surface area contributed by atoms with E-state index in [1.54, 1.807) is 0 Å². The van der Waals surface area contributed by atoms with E-state index >= 15 is 0 Å². The molecule has 1 aliphatic heterocycles. The fraction of sp³-hybridized carbons (Fsp3) is 0.0714. The summed E-state index contributed by atoms with van der Waals surface area (Å²) in [6.07, 6.45) is 0.568. The topological polar surface area (TPSA) is 41.6 Å². The molecule has 4 heteroatoms. The number of para-hydroxylation sites is 2. The molecular formula is C56H39N2O2+. The maximum absolute atomic E-state index is 6.86. The van der Waals surface area contributed by atoms with Gasteiger partial charge >= 0.3 is 0 Å². The van der Waals surface area contributed by atoms with E-state index in [4.69, 9.17) is 13.8 Å². The quantitative estimate of drug-likeness (QED) is 0.125. The van der Waals surface area contributed by atoms with Gasteiger partial charge in [0.25, 0.3) is 6.17 Å². The number of aliphatic imine (C=N–C) groups is 1. The first-order valence-corrected chi connectivity index (χ1v) is 20.7. The highest BCUT2D eigenvalue weighted by atomic mass is 16.3. The summed E-state index contributed by atoms with van der Waals surface area (Å²) in [6, 6.07) is 67.1. The summed E-state index contributed by atoms with van der Waals surface area (Å²) in [7, 11) is 0. The van der Waals surface area contributed by atoms with Crippen LogP contribution in [0.15, 0.2) is 202 Å². The molecule has 0 spiro atoms. The lowest BCUT2D eigenvalue weighted by Crippen LogP contribution is -2.30. The number of fused-ring (bicyclic) bond motifs is 9. The Morgan fingerprint density at radius 1 is 0.483 bits per heavy atom. The first kappa shape index (κ1) is 34.5. The zero-order chi connectivity index (χ0) is 39.7. The number of hydrogen-bond donors (Lipinski definition) is 0. The normalized spacial score (nSPS) is 14.6. The summed E-state index contributed by atoms with van der Waals surface area (Å²) in [4.78, 5) is 5.66. The lowest BCUT2D eigenvalue weighted by molar-refractivity contribution is -0.588. The lowest BCUT2D eigenvalue weighted by atomic mass is 9.90. The fourth-order valence-corrected chi connectivity index (χ4v) is 9.69. The van der Waals surface area contributed by atoms with Gasteiger partial charge in [0.05, 0.1) is 12.1 Å². The van der Waals surface area contributed by atoms with Crippen molar-refractivity contribution in [3.8, 4) is 22.3 Å². The highest BCUT2D eigenvalue weighted by Crippen LogP contribution is 2.44. The number of nitrogens with zero attached hydrogens (tertiary/aromatic N) is 2. The minimum Gasteiger partial charge on any atom is -0.456 e. The molecule has 284 valence electrons.